The molecule has 1 aromatic rings. The Bertz CT molecular complexity index is 921. The normalized spacial score (nSPS) is 25.3. The number of ether oxygens (including phenoxy) is 3. The van der Waals surface area contributed by atoms with Crippen molar-refractivity contribution in [2.75, 3.05) is 33.9 Å². The third-order valence-electron chi connectivity index (χ3n) is 8.12. The summed E-state index contributed by atoms with van der Waals surface area (Å²) in [7, 11) is 3.35. The summed E-state index contributed by atoms with van der Waals surface area (Å²) in [6, 6.07) is 4.30. The van der Waals surface area contributed by atoms with Crippen molar-refractivity contribution in [2.45, 2.75) is 85.0 Å². The molecule has 1 fully saturated rings. The summed E-state index contributed by atoms with van der Waals surface area (Å²) in [5.74, 6) is 8.59. The van der Waals surface area contributed by atoms with E-state index in [-0.39, 0.29) is 23.0 Å². The molecule has 5 nitrogen and oxygen atoms in total. The maximum Gasteiger partial charge on any atom is 0.161 e. The van der Waals surface area contributed by atoms with E-state index in [1.54, 1.807) is 14.2 Å². The van der Waals surface area contributed by atoms with E-state index in [9.17, 15) is 5.11 Å². The molecule has 0 amide bonds. The van der Waals surface area contributed by atoms with E-state index in [4.69, 9.17) is 14.2 Å². The lowest BCUT2D eigenvalue weighted by atomic mass is 9.71. The van der Waals surface area contributed by atoms with Gasteiger partial charge in [0, 0.05) is 31.5 Å². The third-order valence-corrected chi connectivity index (χ3v) is 8.12. The van der Waals surface area contributed by atoms with Crippen molar-refractivity contribution in [3.63, 3.8) is 0 Å². The first-order valence-corrected chi connectivity index (χ1v) is 12.7. The molecule has 5 heteroatoms. The van der Waals surface area contributed by atoms with Gasteiger partial charge in [0.25, 0.3) is 0 Å². The van der Waals surface area contributed by atoms with Gasteiger partial charge in [-0.15, -0.1) is 0 Å². The van der Waals surface area contributed by atoms with Crippen LogP contribution in [0.4, 0.5) is 0 Å². The lowest BCUT2D eigenvalue weighted by Gasteiger charge is -2.50. The monoisotopic (exact) mass is 471 g/mol. The topological polar surface area (TPSA) is 51.2 Å². The highest BCUT2D eigenvalue weighted by Crippen LogP contribution is 2.47. The Balaban J connectivity index is 1.89. The fourth-order valence-corrected chi connectivity index (χ4v) is 5.05. The first-order valence-electron chi connectivity index (χ1n) is 12.7. The molecule has 1 N–H and O–H groups in total. The smallest absolute Gasteiger partial charge is 0.161 e. The van der Waals surface area contributed by atoms with Crippen LogP contribution in [0.5, 0.6) is 11.5 Å². The van der Waals surface area contributed by atoms with Crippen molar-refractivity contribution in [1.29, 1.82) is 0 Å². The highest BCUT2D eigenvalue weighted by Gasteiger charge is 2.47. The van der Waals surface area contributed by atoms with Gasteiger partial charge in [-0.3, -0.25) is 4.90 Å². The third kappa shape index (κ3) is 5.56. The molecular weight excluding hydrogens is 426 g/mol. The van der Waals surface area contributed by atoms with Crippen LogP contribution in [0.2, 0.25) is 0 Å². The molecule has 3 atom stereocenters. The molecule has 1 saturated heterocycles. The van der Waals surface area contributed by atoms with Gasteiger partial charge in [0.05, 0.1) is 19.8 Å². The highest BCUT2D eigenvalue weighted by atomic mass is 16.5. The van der Waals surface area contributed by atoms with Crippen molar-refractivity contribution < 1.29 is 19.3 Å². The van der Waals surface area contributed by atoms with E-state index in [2.05, 4.69) is 77.3 Å². The van der Waals surface area contributed by atoms with E-state index < -0.39 is 5.60 Å². The van der Waals surface area contributed by atoms with Crippen LogP contribution in [-0.4, -0.2) is 55.1 Å². The Morgan fingerprint density at radius 3 is 2.35 bits per heavy atom. The predicted octanol–water partition coefficient (Wildman–Crippen LogP) is 5.24. The summed E-state index contributed by atoms with van der Waals surface area (Å²) in [6.45, 7) is 17.3. The van der Waals surface area contributed by atoms with Crippen LogP contribution >= 0.6 is 0 Å². The molecule has 1 aromatic carbocycles. The summed E-state index contributed by atoms with van der Waals surface area (Å²) in [5, 5.41) is 11.9. The number of fused-ring (bicyclic) bond motifs is 3. The number of benzene rings is 1. The predicted molar refractivity (Wildman–Crippen MR) is 137 cm³/mol. The quantitative estimate of drug-likeness (QED) is 0.575. The average molecular weight is 472 g/mol. The van der Waals surface area contributed by atoms with Crippen molar-refractivity contribution in [3.8, 4) is 23.3 Å². The van der Waals surface area contributed by atoms with Crippen LogP contribution in [-0.2, 0) is 11.2 Å². The minimum atomic E-state index is -1.05. The molecule has 0 radical (unpaired) electrons. The highest BCUT2D eigenvalue weighted by molar-refractivity contribution is 5.50. The van der Waals surface area contributed by atoms with Gasteiger partial charge >= 0.3 is 0 Å². The van der Waals surface area contributed by atoms with Gasteiger partial charge in [-0.05, 0) is 61.3 Å². The Hall–Kier alpha value is -1.74. The molecule has 2 aliphatic rings. The molecule has 0 spiro atoms. The lowest BCUT2D eigenvalue weighted by molar-refractivity contribution is -0.0779. The van der Waals surface area contributed by atoms with Crippen LogP contribution in [0.25, 0.3) is 0 Å². The van der Waals surface area contributed by atoms with E-state index in [1.165, 1.54) is 11.1 Å². The SMILES string of the molecule is COc1cc2c(cc1OC)C1C[C@](O)(C#CCOC(C)(C)C(C)(C)C)C(CC(C)C)CN1CC2. The van der Waals surface area contributed by atoms with E-state index >= 15 is 0 Å². The van der Waals surface area contributed by atoms with Crippen molar-refractivity contribution >= 4 is 0 Å². The molecular formula is C29H45NO4. The summed E-state index contributed by atoms with van der Waals surface area (Å²) in [6.07, 6.45) is 2.50. The molecule has 0 aliphatic carbocycles. The van der Waals surface area contributed by atoms with Crippen LogP contribution < -0.4 is 9.47 Å². The van der Waals surface area contributed by atoms with Gasteiger partial charge in [-0.25, -0.2) is 0 Å². The second kappa shape index (κ2) is 10.1. The number of hydrogen-bond donors (Lipinski definition) is 1. The molecule has 2 unspecified atom stereocenters. The fraction of sp³-hybridized carbons (Fsp3) is 0.724. The zero-order chi connectivity index (χ0) is 25.3. The Morgan fingerprint density at radius 1 is 1.12 bits per heavy atom. The Morgan fingerprint density at radius 2 is 1.76 bits per heavy atom. The molecule has 2 heterocycles. The number of hydrogen-bond acceptors (Lipinski definition) is 5. The summed E-state index contributed by atoms with van der Waals surface area (Å²) in [5.41, 5.74) is 1.14. The Kier molecular flexibility index (Phi) is 7.97. The van der Waals surface area contributed by atoms with Gasteiger partial charge in [-0.1, -0.05) is 46.5 Å². The van der Waals surface area contributed by atoms with Gasteiger partial charge in [0.1, 0.15) is 12.2 Å². The molecule has 3 rings (SSSR count). The van der Waals surface area contributed by atoms with Crippen molar-refractivity contribution in [3.05, 3.63) is 23.3 Å². The van der Waals surface area contributed by atoms with Crippen LogP contribution in [0.1, 0.15) is 78.5 Å². The number of rotatable bonds is 6. The van der Waals surface area contributed by atoms with E-state index in [1.807, 2.05) is 0 Å². The number of methoxy groups -OCH3 is 2. The molecule has 0 aromatic heterocycles. The zero-order valence-electron chi connectivity index (χ0n) is 22.7. The maximum atomic E-state index is 11.9. The van der Waals surface area contributed by atoms with Crippen LogP contribution in [0, 0.1) is 29.1 Å². The number of nitrogens with zero attached hydrogens (tertiary/aromatic N) is 1. The van der Waals surface area contributed by atoms with Gasteiger partial charge in [0.2, 0.25) is 0 Å². The van der Waals surface area contributed by atoms with Gasteiger partial charge in [0.15, 0.2) is 11.5 Å². The summed E-state index contributed by atoms with van der Waals surface area (Å²) < 4.78 is 17.3. The van der Waals surface area contributed by atoms with Crippen molar-refractivity contribution in [2.24, 2.45) is 17.3 Å². The van der Waals surface area contributed by atoms with E-state index in [0.29, 0.717) is 18.9 Å². The maximum absolute atomic E-state index is 11.9. The minimum Gasteiger partial charge on any atom is -0.493 e. The zero-order valence-corrected chi connectivity index (χ0v) is 22.7. The summed E-state index contributed by atoms with van der Waals surface area (Å²) in [4.78, 5) is 2.52. The summed E-state index contributed by atoms with van der Waals surface area (Å²) >= 11 is 0. The largest absolute Gasteiger partial charge is 0.493 e. The first kappa shape index (κ1) is 26.9. The van der Waals surface area contributed by atoms with E-state index in [0.717, 1.165) is 37.4 Å². The van der Waals surface area contributed by atoms with Crippen LogP contribution in [0.3, 0.4) is 0 Å². The van der Waals surface area contributed by atoms with Gasteiger partial charge in [-0.2, -0.15) is 0 Å². The average Bonchev–Trinajstić information content (AvgIpc) is 2.75. The number of aliphatic hydroxyl groups is 1. The Labute approximate surface area is 207 Å². The fourth-order valence-electron chi connectivity index (χ4n) is 5.05. The lowest BCUT2D eigenvalue weighted by Crippen LogP contribution is -2.54. The second-order valence-corrected chi connectivity index (χ2v) is 12.0. The number of piperidine rings is 1. The second-order valence-electron chi connectivity index (χ2n) is 12.0. The van der Waals surface area contributed by atoms with Crippen LogP contribution in [0.15, 0.2) is 12.1 Å². The minimum absolute atomic E-state index is 0.00300. The van der Waals surface area contributed by atoms with Crippen molar-refractivity contribution in [1.82, 2.24) is 4.90 Å². The molecule has 0 saturated carbocycles. The molecule has 190 valence electrons. The molecule has 34 heavy (non-hydrogen) atoms. The standard InChI is InChI=1S/C29H45NO4/c1-20(2)15-22-19-30-13-11-21-16-25(32-8)26(33-9)17-23(21)24(30)18-29(22,31)12-10-14-34-28(6,7)27(3,4)5/h16-17,20,22,24,31H,11,13-15,18-19H2,1-9H3/t22?,24?,29-/m1/s1. The first-order chi connectivity index (χ1) is 15.8. The molecule has 2 aliphatic heterocycles. The van der Waals surface area contributed by atoms with Gasteiger partial charge < -0.3 is 19.3 Å². The molecule has 0 bridgehead atoms.